The Morgan fingerprint density at radius 3 is 1.19 bits per heavy atom. The summed E-state index contributed by atoms with van der Waals surface area (Å²) >= 11 is 0. The molecule has 8 nitrogen and oxygen atoms in total. The van der Waals surface area contributed by atoms with Crippen LogP contribution in [0.25, 0.3) is 0 Å². The van der Waals surface area contributed by atoms with Gasteiger partial charge in [-0.2, -0.15) is 0 Å². The van der Waals surface area contributed by atoms with Gasteiger partial charge in [0, 0.05) is 11.1 Å². The molecule has 0 N–H and O–H groups in total. The van der Waals surface area contributed by atoms with Crippen LogP contribution in [0.3, 0.4) is 0 Å². The van der Waals surface area contributed by atoms with E-state index in [-0.39, 0.29) is 13.2 Å². The molecule has 6 atom stereocenters. The first-order valence-electron chi connectivity index (χ1n) is 13.8. The molecule has 42 heavy (non-hydrogen) atoms. The highest BCUT2D eigenvalue weighted by Crippen LogP contribution is 2.37. The quantitative estimate of drug-likeness (QED) is 0.265. The fourth-order valence-electron chi connectivity index (χ4n) is 5.00. The van der Waals surface area contributed by atoms with Gasteiger partial charge in [0.2, 0.25) is 0 Å². The van der Waals surface area contributed by atoms with E-state index < -0.39 is 48.9 Å². The maximum absolute atomic E-state index is 13.1. The SMILES string of the molecule is O=C(O[C@@H]1CO[C@H](c2ccccc2)O[C@@H]1[C@@H]1O[C@H](c2ccccc2)OC[C@H]1OC(=O)c1ccccc1)c1ccccc1. The van der Waals surface area contributed by atoms with Crippen LogP contribution in [0.4, 0.5) is 0 Å². The summed E-state index contributed by atoms with van der Waals surface area (Å²) in [5.74, 6) is -1.05. The van der Waals surface area contributed by atoms with Crippen molar-refractivity contribution < 1.29 is 38.0 Å². The number of hydrogen-bond donors (Lipinski definition) is 0. The van der Waals surface area contributed by atoms with Gasteiger partial charge in [0.15, 0.2) is 24.8 Å². The van der Waals surface area contributed by atoms with E-state index >= 15 is 0 Å². The first kappa shape index (κ1) is 27.8. The molecule has 4 aromatic rings. The fraction of sp³-hybridized carbons (Fsp3) is 0.235. The van der Waals surface area contributed by atoms with Crippen molar-refractivity contribution in [3.05, 3.63) is 144 Å². The molecule has 2 fully saturated rings. The van der Waals surface area contributed by atoms with Crippen LogP contribution in [0.15, 0.2) is 121 Å². The Morgan fingerprint density at radius 1 is 0.500 bits per heavy atom. The maximum Gasteiger partial charge on any atom is 0.338 e. The summed E-state index contributed by atoms with van der Waals surface area (Å²) in [6.07, 6.45) is -4.96. The highest BCUT2D eigenvalue weighted by atomic mass is 16.7. The minimum atomic E-state index is -0.866. The monoisotopic (exact) mass is 566 g/mol. The summed E-state index contributed by atoms with van der Waals surface area (Å²) in [6.45, 7) is 0.0811. The molecule has 2 aliphatic rings. The van der Waals surface area contributed by atoms with Crippen LogP contribution in [0.5, 0.6) is 0 Å². The van der Waals surface area contributed by atoms with Gasteiger partial charge in [0.25, 0.3) is 0 Å². The van der Waals surface area contributed by atoms with Gasteiger partial charge in [-0.25, -0.2) is 9.59 Å². The second-order valence-electron chi connectivity index (χ2n) is 9.97. The van der Waals surface area contributed by atoms with Gasteiger partial charge >= 0.3 is 11.9 Å². The Morgan fingerprint density at radius 2 is 0.833 bits per heavy atom. The van der Waals surface area contributed by atoms with Crippen LogP contribution < -0.4 is 0 Å². The lowest BCUT2D eigenvalue weighted by Crippen LogP contribution is -2.58. The molecule has 0 radical (unpaired) electrons. The van der Waals surface area contributed by atoms with E-state index in [2.05, 4.69) is 0 Å². The van der Waals surface area contributed by atoms with E-state index in [9.17, 15) is 9.59 Å². The fourth-order valence-corrected chi connectivity index (χ4v) is 5.00. The van der Waals surface area contributed by atoms with E-state index in [1.54, 1.807) is 48.5 Å². The smallest absolute Gasteiger partial charge is 0.338 e. The van der Waals surface area contributed by atoms with Gasteiger partial charge in [-0.15, -0.1) is 0 Å². The summed E-state index contributed by atoms with van der Waals surface area (Å²) < 4.78 is 37.0. The Bertz CT molecular complexity index is 1340. The van der Waals surface area contributed by atoms with E-state index in [1.165, 1.54) is 0 Å². The van der Waals surface area contributed by atoms with Gasteiger partial charge in [0.1, 0.15) is 12.2 Å². The molecular formula is C34H30O8. The first-order chi connectivity index (χ1) is 20.7. The second-order valence-corrected chi connectivity index (χ2v) is 9.97. The number of hydrogen-bond acceptors (Lipinski definition) is 8. The molecule has 0 spiro atoms. The minimum absolute atomic E-state index is 0.0405. The molecule has 8 heteroatoms. The molecule has 0 saturated carbocycles. The highest BCUT2D eigenvalue weighted by molar-refractivity contribution is 5.90. The van der Waals surface area contributed by atoms with Crippen molar-refractivity contribution in [2.24, 2.45) is 0 Å². The Balaban J connectivity index is 1.32. The van der Waals surface area contributed by atoms with Crippen molar-refractivity contribution in [1.82, 2.24) is 0 Å². The molecule has 2 saturated heterocycles. The Kier molecular flexibility index (Phi) is 8.67. The molecule has 0 unspecified atom stereocenters. The normalized spacial score (nSPS) is 25.7. The summed E-state index contributed by atoms with van der Waals surface area (Å²) in [7, 11) is 0. The van der Waals surface area contributed by atoms with Crippen LogP contribution in [0.2, 0.25) is 0 Å². The van der Waals surface area contributed by atoms with Crippen molar-refractivity contribution in [1.29, 1.82) is 0 Å². The molecule has 0 aliphatic carbocycles. The zero-order valence-corrected chi connectivity index (χ0v) is 22.7. The van der Waals surface area contributed by atoms with Crippen LogP contribution in [-0.2, 0) is 28.4 Å². The third kappa shape index (κ3) is 6.42. The minimum Gasteiger partial charge on any atom is -0.453 e. The first-order valence-corrected chi connectivity index (χ1v) is 13.8. The number of ether oxygens (including phenoxy) is 6. The highest BCUT2D eigenvalue weighted by Gasteiger charge is 2.48. The lowest BCUT2D eigenvalue weighted by molar-refractivity contribution is -0.330. The van der Waals surface area contributed by atoms with Crippen LogP contribution in [-0.4, -0.2) is 49.6 Å². The van der Waals surface area contributed by atoms with E-state index in [1.807, 2.05) is 72.8 Å². The van der Waals surface area contributed by atoms with Gasteiger partial charge in [-0.05, 0) is 24.3 Å². The summed E-state index contributed by atoms with van der Waals surface area (Å²) in [4.78, 5) is 26.3. The predicted molar refractivity (Wildman–Crippen MR) is 151 cm³/mol. The molecule has 0 bridgehead atoms. The molecule has 2 aliphatic heterocycles. The largest absolute Gasteiger partial charge is 0.453 e. The van der Waals surface area contributed by atoms with Gasteiger partial charge in [-0.3, -0.25) is 0 Å². The zero-order chi connectivity index (χ0) is 28.7. The number of carbonyl (C=O) groups excluding carboxylic acids is 2. The molecular weight excluding hydrogens is 536 g/mol. The van der Waals surface area contributed by atoms with Gasteiger partial charge < -0.3 is 28.4 Å². The van der Waals surface area contributed by atoms with E-state index in [4.69, 9.17) is 28.4 Å². The van der Waals surface area contributed by atoms with Crippen molar-refractivity contribution in [3.8, 4) is 0 Å². The number of rotatable bonds is 7. The van der Waals surface area contributed by atoms with Crippen molar-refractivity contribution >= 4 is 11.9 Å². The van der Waals surface area contributed by atoms with Gasteiger partial charge in [0.05, 0.1) is 24.3 Å². The van der Waals surface area contributed by atoms with Crippen LogP contribution in [0.1, 0.15) is 44.4 Å². The number of carbonyl (C=O) groups is 2. The van der Waals surface area contributed by atoms with Crippen molar-refractivity contribution in [3.63, 3.8) is 0 Å². The lowest BCUT2D eigenvalue weighted by atomic mass is 9.99. The zero-order valence-electron chi connectivity index (χ0n) is 22.7. The predicted octanol–water partition coefficient (Wildman–Crippen LogP) is 5.67. The summed E-state index contributed by atoms with van der Waals surface area (Å²) in [6, 6.07) is 36.3. The average Bonchev–Trinajstić information content (AvgIpc) is 3.07. The molecule has 4 aromatic carbocycles. The third-order valence-corrected chi connectivity index (χ3v) is 7.12. The molecule has 0 amide bonds. The summed E-state index contributed by atoms with van der Waals surface area (Å²) in [5, 5.41) is 0. The molecule has 0 aromatic heterocycles. The van der Waals surface area contributed by atoms with Crippen LogP contribution >= 0.6 is 0 Å². The topological polar surface area (TPSA) is 89.5 Å². The Hall–Kier alpha value is -4.34. The Labute approximate surface area is 243 Å². The van der Waals surface area contributed by atoms with E-state index in [0.29, 0.717) is 11.1 Å². The van der Waals surface area contributed by atoms with Crippen molar-refractivity contribution in [2.75, 3.05) is 13.2 Å². The van der Waals surface area contributed by atoms with Crippen molar-refractivity contribution in [2.45, 2.75) is 37.0 Å². The maximum atomic E-state index is 13.1. The average molecular weight is 567 g/mol. The molecule has 6 rings (SSSR count). The van der Waals surface area contributed by atoms with E-state index in [0.717, 1.165) is 11.1 Å². The lowest BCUT2D eigenvalue weighted by Gasteiger charge is -2.44. The number of benzene rings is 4. The summed E-state index contributed by atoms with van der Waals surface area (Å²) in [5.41, 5.74) is 2.37. The third-order valence-electron chi connectivity index (χ3n) is 7.12. The van der Waals surface area contributed by atoms with Crippen LogP contribution in [0, 0.1) is 0 Å². The number of esters is 2. The second kappa shape index (κ2) is 13.1. The molecule has 214 valence electrons. The molecule has 2 heterocycles. The standard InChI is InChI=1S/C34H30O8/c35-31(23-13-5-1-6-14-23)39-27-21-37-33(25-17-9-3-10-18-25)41-29(27)30-28(40-32(36)24-15-7-2-8-16-24)22-38-34(42-30)26-19-11-4-12-20-26/h1-20,27-30,33-34H,21-22H2/t27-,28-,29-,30+,33-,34+/m1/s1. The van der Waals surface area contributed by atoms with Gasteiger partial charge in [-0.1, -0.05) is 97.1 Å².